The van der Waals surface area contributed by atoms with Crippen molar-refractivity contribution in [2.24, 2.45) is 0 Å². The van der Waals surface area contributed by atoms with Crippen LogP contribution in [-0.4, -0.2) is 23.2 Å². The molecular weight excluding hydrogens is 318 g/mol. The summed E-state index contributed by atoms with van der Waals surface area (Å²) in [7, 11) is 1.47. The highest BCUT2D eigenvalue weighted by molar-refractivity contribution is 5.90. The zero-order valence-electron chi connectivity index (χ0n) is 14.1. The first-order valence-electron chi connectivity index (χ1n) is 7.84. The Morgan fingerprint density at radius 3 is 2.72 bits per heavy atom. The molecule has 128 valence electrons. The number of oxazole rings is 1. The van der Waals surface area contributed by atoms with Crippen molar-refractivity contribution < 1.29 is 14.0 Å². The van der Waals surface area contributed by atoms with Crippen LogP contribution in [0.1, 0.15) is 11.1 Å². The predicted molar refractivity (Wildman–Crippen MR) is 94.7 cm³/mol. The molecule has 0 atom stereocenters. The van der Waals surface area contributed by atoms with Gasteiger partial charge in [0.15, 0.2) is 0 Å². The molecule has 0 aliphatic rings. The number of anilines is 1. The third-order valence-electron chi connectivity index (χ3n) is 3.77. The van der Waals surface area contributed by atoms with Gasteiger partial charge in [-0.3, -0.25) is 4.84 Å². The molecular formula is C19H19N3O3. The molecule has 3 aromatic rings. The number of hydrogen-bond acceptors (Lipinski definition) is 4. The molecule has 0 aliphatic heterocycles. The molecule has 0 fully saturated rings. The molecule has 3 rings (SSSR count). The molecule has 0 radical (unpaired) electrons. The van der Waals surface area contributed by atoms with Crippen LogP contribution in [0.15, 0.2) is 65.4 Å². The van der Waals surface area contributed by atoms with Gasteiger partial charge in [-0.1, -0.05) is 36.4 Å². The third kappa shape index (κ3) is 4.05. The van der Waals surface area contributed by atoms with Crippen molar-refractivity contribution in [3.8, 4) is 11.5 Å². The Balaban J connectivity index is 1.76. The summed E-state index contributed by atoms with van der Waals surface area (Å²) in [5.74, 6) is 0.503. The van der Waals surface area contributed by atoms with E-state index in [0.717, 1.165) is 16.7 Å². The van der Waals surface area contributed by atoms with Crippen LogP contribution in [0, 0.1) is 6.92 Å². The van der Waals surface area contributed by atoms with Crippen LogP contribution >= 0.6 is 0 Å². The van der Waals surface area contributed by atoms with Crippen molar-refractivity contribution >= 4 is 11.7 Å². The first kappa shape index (κ1) is 16.7. The van der Waals surface area contributed by atoms with Gasteiger partial charge >= 0.3 is 6.03 Å². The van der Waals surface area contributed by atoms with Gasteiger partial charge in [0.05, 0.1) is 19.9 Å². The number of carbonyl (C=O) groups excluding carboxylic acids is 1. The van der Waals surface area contributed by atoms with Crippen molar-refractivity contribution in [2.45, 2.75) is 13.5 Å². The lowest BCUT2D eigenvalue weighted by Crippen LogP contribution is -2.33. The quantitative estimate of drug-likeness (QED) is 0.707. The molecule has 2 aromatic carbocycles. The van der Waals surface area contributed by atoms with Crippen molar-refractivity contribution in [1.82, 2.24) is 10.0 Å². The minimum atomic E-state index is -0.348. The zero-order valence-corrected chi connectivity index (χ0v) is 14.1. The molecule has 0 unspecified atom stereocenters. The molecule has 0 spiro atoms. The Kier molecular flexibility index (Phi) is 5.11. The van der Waals surface area contributed by atoms with Gasteiger partial charge in [0.25, 0.3) is 0 Å². The van der Waals surface area contributed by atoms with Crippen LogP contribution in [0.2, 0.25) is 0 Å². The molecule has 1 heterocycles. The molecule has 0 saturated heterocycles. The number of carbonyl (C=O) groups is 1. The normalized spacial score (nSPS) is 10.5. The van der Waals surface area contributed by atoms with Crippen molar-refractivity contribution in [1.29, 1.82) is 0 Å². The van der Waals surface area contributed by atoms with E-state index in [9.17, 15) is 4.79 Å². The van der Waals surface area contributed by atoms with Gasteiger partial charge in [-0.15, -0.1) is 0 Å². The molecule has 1 N–H and O–H groups in total. The number of benzene rings is 2. The maximum atomic E-state index is 12.5. The molecule has 2 amide bonds. The maximum absolute atomic E-state index is 12.5. The second kappa shape index (κ2) is 7.63. The summed E-state index contributed by atoms with van der Waals surface area (Å²) in [4.78, 5) is 21.9. The van der Waals surface area contributed by atoms with Gasteiger partial charge < -0.3 is 9.73 Å². The SMILES string of the molecule is CON(Cc1ccccc1)C(=O)Nc1cc(-c2ncco2)ccc1C. The van der Waals surface area contributed by atoms with Gasteiger partial charge in [0, 0.05) is 11.3 Å². The zero-order chi connectivity index (χ0) is 17.6. The minimum absolute atomic E-state index is 0.348. The first-order chi connectivity index (χ1) is 12.2. The lowest BCUT2D eigenvalue weighted by Gasteiger charge is -2.21. The second-order valence-corrected chi connectivity index (χ2v) is 5.50. The van der Waals surface area contributed by atoms with Crippen molar-refractivity contribution in [3.63, 3.8) is 0 Å². The summed E-state index contributed by atoms with van der Waals surface area (Å²) in [6.07, 6.45) is 3.10. The molecule has 0 saturated carbocycles. The fourth-order valence-corrected chi connectivity index (χ4v) is 2.40. The number of aromatic nitrogens is 1. The summed E-state index contributed by atoms with van der Waals surface area (Å²) in [6, 6.07) is 14.9. The van der Waals surface area contributed by atoms with E-state index >= 15 is 0 Å². The van der Waals surface area contributed by atoms with E-state index in [2.05, 4.69) is 10.3 Å². The average molecular weight is 337 g/mol. The summed E-state index contributed by atoms with van der Waals surface area (Å²) in [6.45, 7) is 2.27. The van der Waals surface area contributed by atoms with Crippen molar-refractivity contribution in [3.05, 3.63) is 72.1 Å². The van der Waals surface area contributed by atoms with Gasteiger partial charge in [0.1, 0.15) is 6.26 Å². The van der Waals surface area contributed by atoms with E-state index in [4.69, 9.17) is 9.25 Å². The highest BCUT2D eigenvalue weighted by atomic mass is 16.7. The van der Waals surface area contributed by atoms with E-state index < -0.39 is 0 Å². The number of hydroxylamine groups is 2. The Morgan fingerprint density at radius 2 is 2.04 bits per heavy atom. The second-order valence-electron chi connectivity index (χ2n) is 5.50. The van der Waals surface area contributed by atoms with Crippen LogP contribution < -0.4 is 5.32 Å². The number of amides is 2. The van der Waals surface area contributed by atoms with Crippen molar-refractivity contribution in [2.75, 3.05) is 12.4 Å². The van der Waals surface area contributed by atoms with Crippen LogP contribution in [0.3, 0.4) is 0 Å². The van der Waals surface area contributed by atoms with Gasteiger partial charge in [-0.05, 0) is 30.2 Å². The standard InChI is InChI=1S/C19H19N3O3/c1-14-8-9-16(18-20-10-11-25-18)12-17(14)21-19(23)22(24-2)13-15-6-4-3-5-7-15/h3-12H,13H2,1-2H3,(H,21,23). The summed E-state index contributed by atoms with van der Waals surface area (Å²) >= 11 is 0. The number of urea groups is 1. The van der Waals surface area contributed by atoms with Crippen LogP contribution in [0.25, 0.3) is 11.5 Å². The highest BCUT2D eigenvalue weighted by Crippen LogP contribution is 2.24. The molecule has 6 nitrogen and oxygen atoms in total. The molecule has 6 heteroatoms. The predicted octanol–water partition coefficient (Wildman–Crippen LogP) is 4.25. The minimum Gasteiger partial charge on any atom is -0.445 e. The van der Waals surface area contributed by atoms with Gasteiger partial charge in [-0.2, -0.15) is 5.06 Å². The average Bonchev–Trinajstić information content (AvgIpc) is 3.17. The Hall–Kier alpha value is -3.12. The molecule has 0 aliphatic carbocycles. The Labute approximate surface area is 146 Å². The fourth-order valence-electron chi connectivity index (χ4n) is 2.40. The largest absolute Gasteiger partial charge is 0.445 e. The van der Waals surface area contributed by atoms with Crippen LogP contribution in [0.4, 0.5) is 10.5 Å². The molecule has 25 heavy (non-hydrogen) atoms. The number of aryl methyl sites for hydroxylation is 1. The number of nitrogens with one attached hydrogen (secondary N) is 1. The van der Waals surface area contributed by atoms with Gasteiger partial charge in [-0.25, -0.2) is 9.78 Å². The Bertz CT molecular complexity index is 832. The summed E-state index contributed by atoms with van der Waals surface area (Å²) in [5.41, 5.74) is 3.37. The highest BCUT2D eigenvalue weighted by Gasteiger charge is 2.16. The summed E-state index contributed by atoms with van der Waals surface area (Å²) < 4.78 is 5.31. The van der Waals surface area contributed by atoms with E-state index in [-0.39, 0.29) is 6.03 Å². The topological polar surface area (TPSA) is 67.6 Å². The third-order valence-corrected chi connectivity index (χ3v) is 3.77. The monoisotopic (exact) mass is 337 g/mol. The van der Waals surface area contributed by atoms with E-state index in [1.165, 1.54) is 18.4 Å². The molecule has 1 aromatic heterocycles. The lowest BCUT2D eigenvalue weighted by molar-refractivity contribution is -0.0886. The first-order valence-corrected chi connectivity index (χ1v) is 7.84. The van der Waals surface area contributed by atoms with Gasteiger partial charge in [0.2, 0.25) is 5.89 Å². The smallest absolute Gasteiger partial charge is 0.346 e. The van der Waals surface area contributed by atoms with Crippen LogP contribution in [0.5, 0.6) is 0 Å². The maximum Gasteiger partial charge on any atom is 0.346 e. The number of hydrogen-bond donors (Lipinski definition) is 1. The number of rotatable bonds is 5. The fraction of sp³-hybridized carbons (Fsp3) is 0.158. The van der Waals surface area contributed by atoms with E-state index in [1.54, 1.807) is 6.20 Å². The Morgan fingerprint density at radius 1 is 1.24 bits per heavy atom. The summed E-state index contributed by atoms with van der Waals surface area (Å²) in [5, 5.41) is 4.15. The van der Waals surface area contributed by atoms with Crippen LogP contribution in [-0.2, 0) is 11.4 Å². The van der Waals surface area contributed by atoms with E-state index in [0.29, 0.717) is 18.1 Å². The lowest BCUT2D eigenvalue weighted by atomic mass is 10.1. The molecule has 0 bridgehead atoms. The number of nitrogens with zero attached hydrogens (tertiary/aromatic N) is 2. The van der Waals surface area contributed by atoms with E-state index in [1.807, 2.05) is 55.5 Å².